The zero-order valence-electron chi connectivity index (χ0n) is 11.8. The first-order chi connectivity index (χ1) is 10.3. The van der Waals surface area contributed by atoms with Crippen LogP contribution >= 0.6 is 11.3 Å². The lowest BCUT2D eigenvalue weighted by Gasteiger charge is -2.14. The molecule has 1 heterocycles. The third-order valence-corrected chi connectivity index (χ3v) is 5.42. The fourth-order valence-corrected chi connectivity index (χ4v) is 4.39. The highest BCUT2D eigenvalue weighted by Crippen LogP contribution is 2.39. The van der Waals surface area contributed by atoms with E-state index in [0.29, 0.717) is 5.92 Å². The highest BCUT2D eigenvalue weighted by atomic mass is 32.1. The molecule has 21 heavy (non-hydrogen) atoms. The molecule has 2 N–H and O–H groups in total. The summed E-state index contributed by atoms with van der Waals surface area (Å²) < 4.78 is 1.30. The van der Waals surface area contributed by atoms with Gasteiger partial charge in [0.2, 0.25) is 0 Å². The van der Waals surface area contributed by atoms with E-state index in [9.17, 15) is 0 Å². The summed E-state index contributed by atoms with van der Waals surface area (Å²) in [6.45, 7) is 0. The molecule has 1 aromatic heterocycles. The molecule has 0 bridgehead atoms. The quantitative estimate of drug-likeness (QED) is 0.611. The van der Waals surface area contributed by atoms with Gasteiger partial charge < -0.3 is 5.73 Å². The fraction of sp³-hybridized carbons (Fsp3) is 0.158. The molecular weight excluding hydrogens is 274 g/mol. The maximum Gasteiger partial charge on any atom is 0.0372 e. The third-order valence-electron chi connectivity index (χ3n) is 4.26. The van der Waals surface area contributed by atoms with Crippen LogP contribution < -0.4 is 5.73 Å². The first-order valence-corrected chi connectivity index (χ1v) is 8.15. The average molecular weight is 291 g/mol. The molecule has 0 aliphatic heterocycles. The number of nitrogens with two attached hydrogens (primary N) is 1. The van der Waals surface area contributed by atoms with Crippen LogP contribution in [0.5, 0.6) is 0 Å². The van der Waals surface area contributed by atoms with E-state index >= 15 is 0 Å². The minimum absolute atomic E-state index is 0.569. The van der Waals surface area contributed by atoms with Gasteiger partial charge in [-0.2, -0.15) is 0 Å². The van der Waals surface area contributed by atoms with Gasteiger partial charge in [-0.3, -0.25) is 0 Å². The first-order valence-electron chi connectivity index (χ1n) is 7.33. The molecule has 0 fully saturated rings. The van der Waals surface area contributed by atoms with Gasteiger partial charge in [0.05, 0.1) is 0 Å². The SMILES string of the molecule is Nc1ccc2c3c(sc2c1)C=CCC(c1ccccc1)C3. The Bertz CT molecular complexity index is 814. The smallest absolute Gasteiger partial charge is 0.0372 e. The predicted octanol–water partition coefficient (Wildman–Crippen LogP) is 5.23. The standard InChI is InChI=1S/C19H17NS/c20-15-9-10-16-17-11-14(13-5-2-1-3-6-13)7-4-8-18(17)21-19(16)12-15/h1-6,8-10,12,14H,7,11,20H2. The largest absolute Gasteiger partial charge is 0.399 e. The van der Waals surface area contributed by atoms with Gasteiger partial charge in [-0.25, -0.2) is 0 Å². The number of thiophene rings is 1. The first kappa shape index (κ1) is 12.7. The molecule has 104 valence electrons. The van der Waals surface area contributed by atoms with Crippen molar-refractivity contribution < 1.29 is 0 Å². The molecule has 0 saturated carbocycles. The Morgan fingerprint density at radius 2 is 1.90 bits per heavy atom. The lowest BCUT2D eigenvalue weighted by Crippen LogP contribution is -2.01. The molecule has 0 saturated heterocycles. The molecule has 4 rings (SSSR count). The molecule has 1 nitrogen and oxygen atoms in total. The normalized spacial score (nSPS) is 17.6. The van der Waals surface area contributed by atoms with Crippen molar-refractivity contribution in [3.63, 3.8) is 0 Å². The highest BCUT2D eigenvalue weighted by molar-refractivity contribution is 7.20. The van der Waals surface area contributed by atoms with Crippen molar-refractivity contribution in [1.29, 1.82) is 0 Å². The predicted molar refractivity (Wildman–Crippen MR) is 92.8 cm³/mol. The fourth-order valence-electron chi connectivity index (χ4n) is 3.18. The number of nitrogen functional groups attached to an aromatic ring is 1. The Kier molecular flexibility index (Phi) is 3.04. The minimum Gasteiger partial charge on any atom is -0.399 e. The van der Waals surface area contributed by atoms with E-state index in [1.807, 2.05) is 17.4 Å². The molecule has 0 radical (unpaired) electrons. The van der Waals surface area contributed by atoms with Crippen molar-refractivity contribution in [2.75, 3.05) is 5.73 Å². The second-order valence-electron chi connectivity index (χ2n) is 5.65. The van der Waals surface area contributed by atoms with Gasteiger partial charge in [-0.05, 0) is 53.5 Å². The van der Waals surface area contributed by atoms with Gasteiger partial charge in [0.25, 0.3) is 0 Å². The molecule has 3 aromatic rings. The minimum atomic E-state index is 0.569. The van der Waals surface area contributed by atoms with E-state index in [1.165, 1.54) is 26.1 Å². The van der Waals surface area contributed by atoms with Crippen LogP contribution in [0.2, 0.25) is 0 Å². The number of allylic oxidation sites excluding steroid dienone is 1. The van der Waals surface area contributed by atoms with Crippen molar-refractivity contribution in [3.05, 3.63) is 70.6 Å². The average Bonchev–Trinajstić information content (AvgIpc) is 2.70. The van der Waals surface area contributed by atoms with Gasteiger partial charge in [0.15, 0.2) is 0 Å². The van der Waals surface area contributed by atoms with Crippen LogP contribution in [0.1, 0.15) is 28.3 Å². The third kappa shape index (κ3) is 2.26. The van der Waals surface area contributed by atoms with Gasteiger partial charge >= 0.3 is 0 Å². The van der Waals surface area contributed by atoms with Gasteiger partial charge in [0, 0.05) is 15.3 Å². The molecule has 1 aliphatic rings. The summed E-state index contributed by atoms with van der Waals surface area (Å²) in [5.41, 5.74) is 9.69. The van der Waals surface area contributed by atoms with Crippen LogP contribution in [0.4, 0.5) is 5.69 Å². The number of fused-ring (bicyclic) bond motifs is 3. The van der Waals surface area contributed by atoms with Crippen molar-refractivity contribution in [2.45, 2.75) is 18.8 Å². The summed E-state index contributed by atoms with van der Waals surface area (Å²) in [7, 11) is 0. The molecule has 1 unspecified atom stereocenters. The molecular formula is C19H17NS. The van der Waals surface area contributed by atoms with Crippen LogP contribution in [-0.4, -0.2) is 0 Å². The van der Waals surface area contributed by atoms with Crippen molar-refractivity contribution in [3.8, 4) is 0 Å². The maximum atomic E-state index is 5.92. The number of hydrogen-bond donors (Lipinski definition) is 1. The summed E-state index contributed by atoms with van der Waals surface area (Å²) in [6, 6.07) is 17.1. The molecule has 0 amide bonds. The van der Waals surface area contributed by atoms with Crippen molar-refractivity contribution in [1.82, 2.24) is 0 Å². The second-order valence-corrected chi connectivity index (χ2v) is 6.73. The van der Waals surface area contributed by atoms with Gasteiger partial charge in [0.1, 0.15) is 0 Å². The summed E-state index contributed by atoms with van der Waals surface area (Å²) in [5, 5.41) is 1.37. The summed E-state index contributed by atoms with van der Waals surface area (Å²) in [6.07, 6.45) is 6.83. The van der Waals surface area contributed by atoms with E-state index in [-0.39, 0.29) is 0 Å². The number of anilines is 1. The van der Waals surface area contributed by atoms with E-state index < -0.39 is 0 Å². The van der Waals surface area contributed by atoms with Crippen LogP contribution in [0.3, 0.4) is 0 Å². The van der Waals surface area contributed by atoms with E-state index in [4.69, 9.17) is 5.73 Å². The van der Waals surface area contributed by atoms with Crippen LogP contribution in [-0.2, 0) is 6.42 Å². The molecule has 1 atom stereocenters. The van der Waals surface area contributed by atoms with Crippen LogP contribution in [0, 0.1) is 0 Å². The van der Waals surface area contributed by atoms with Crippen molar-refractivity contribution in [2.24, 2.45) is 0 Å². The Hall–Kier alpha value is -2.06. The number of benzene rings is 2. The Morgan fingerprint density at radius 3 is 2.76 bits per heavy atom. The summed E-state index contributed by atoms with van der Waals surface area (Å²) >= 11 is 1.86. The van der Waals surface area contributed by atoms with Gasteiger partial charge in [-0.1, -0.05) is 42.5 Å². The number of rotatable bonds is 1. The molecule has 1 aliphatic carbocycles. The molecule has 2 heteroatoms. The van der Waals surface area contributed by atoms with E-state index in [0.717, 1.165) is 18.5 Å². The lowest BCUT2D eigenvalue weighted by atomic mass is 9.90. The molecule has 2 aromatic carbocycles. The Labute approximate surface area is 128 Å². The Morgan fingerprint density at radius 1 is 1.05 bits per heavy atom. The van der Waals surface area contributed by atoms with E-state index in [2.05, 4.69) is 54.6 Å². The summed E-state index contributed by atoms with van der Waals surface area (Å²) in [5.74, 6) is 0.569. The zero-order chi connectivity index (χ0) is 14.2. The maximum absolute atomic E-state index is 5.92. The lowest BCUT2D eigenvalue weighted by molar-refractivity contribution is 0.705. The van der Waals surface area contributed by atoms with Crippen LogP contribution in [0.15, 0.2) is 54.6 Å². The topological polar surface area (TPSA) is 26.0 Å². The molecule has 0 spiro atoms. The number of hydrogen-bond acceptors (Lipinski definition) is 2. The zero-order valence-corrected chi connectivity index (χ0v) is 12.6. The monoisotopic (exact) mass is 291 g/mol. The van der Waals surface area contributed by atoms with E-state index in [1.54, 1.807) is 0 Å². The highest BCUT2D eigenvalue weighted by Gasteiger charge is 2.19. The summed E-state index contributed by atoms with van der Waals surface area (Å²) in [4.78, 5) is 1.40. The Balaban J connectivity index is 1.82. The van der Waals surface area contributed by atoms with Crippen molar-refractivity contribution >= 4 is 33.2 Å². The van der Waals surface area contributed by atoms with Gasteiger partial charge in [-0.15, -0.1) is 11.3 Å². The van der Waals surface area contributed by atoms with Crippen LogP contribution in [0.25, 0.3) is 16.2 Å². The second kappa shape index (κ2) is 5.05.